The van der Waals surface area contributed by atoms with Crippen LogP contribution in [0.3, 0.4) is 0 Å². The van der Waals surface area contributed by atoms with Gasteiger partial charge in [0.1, 0.15) is 12.1 Å². The van der Waals surface area contributed by atoms with E-state index in [-0.39, 0.29) is 0 Å². The molecule has 1 saturated heterocycles. The Bertz CT molecular complexity index is 658. The van der Waals surface area contributed by atoms with Crippen molar-refractivity contribution in [2.45, 2.75) is 18.9 Å². The highest BCUT2D eigenvalue weighted by Gasteiger charge is 2.39. The molecule has 4 rings (SSSR count). The molecule has 0 N–H and O–H groups in total. The van der Waals surface area contributed by atoms with Crippen molar-refractivity contribution in [1.29, 1.82) is 0 Å². The van der Waals surface area contributed by atoms with Gasteiger partial charge in [0.05, 0.1) is 6.04 Å². The van der Waals surface area contributed by atoms with Gasteiger partial charge in [-0.25, -0.2) is 0 Å². The topological polar surface area (TPSA) is 66.6 Å². The van der Waals surface area contributed by atoms with Crippen LogP contribution in [0, 0.1) is 5.92 Å². The highest BCUT2D eigenvalue weighted by molar-refractivity contribution is 5.81. The maximum Gasteiger partial charge on any atom is 0.225 e. The molecule has 0 unspecified atom stereocenters. The van der Waals surface area contributed by atoms with E-state index in [9.17, 15) is 4.79 Å². The largest absolute Gasteiger partial charge is 0.351 e. The van der Waals surface area contributed by atoms with E-state index >= 15 is 0 Å². The highest BCUT2D eigenvalue weighted by atomic mass is 16.2. The molecule has 1 aliphatic heterocycles. The van der Waals surface area contributed by atoms with Crippen molar-refractivity contribution in [1.82, 2.24) is 24.7 Å². The van der Waals surface area contributed by atoms with Gasteiger partial charge in [0.15, 0.2) is 5.65 Å². The number of hydrogen-bond donors (Lipinski definition) is 0. The second-order valence-corrected chi connectivity index (χ2v) is 5.61. The van der Waals surface area contributed by atoms with Gasteiger partial charge in [-0.1, -0.05) is 0 Å². The summed E-state index contributed by atoms with van der Waals surface area (Å²) in [5.41, 5.74) is 0.742. The van der Waals surface area contributed by atoms with Crippen LogP contribution in [0.1, 0.15) is 12.8 Å². The number of carbonyl (C=O) groups is 1. The van der Waals surface area contributed by atoms with E-state index in [2.05, 4.69) is 20.2 Å². The number of rotatable bonds is 3. The Hall–Kier alpha value is -2.18. The van der Waals surface area contributed by atoms with Crippen LogP contribution in [0.5, 0.6) is 0 Å². The molecule has 0 aromatic carbocycles. The number of nitrogens with zero attached hydrogens (tertiary/aromatic N) is 6. The van der Waals surface area contributed by atoms with Gasteiger partial charge in [-0.05, 0) is 25.0 Å². The molecule has 0 atom stereocenters. The van der Waals surface area contributed by atoms with Crippen LogP contribution in [0.15, 0.2) is 18.5 Å². The van der Waals surface area contributed by atoms with Crippen LogP contribution < -0.4 is 4.90 Å². The Morgan fingerprint density at radius 2 is 2.15 bits per heavy atom. The fourth-order valence-electron chi connectivity index (χ4n) is 2.57. The van der Waals surface area contributed by atoms with E-state index in [4.69, 9.17) is 0 Å². The van der Waals surface area contributed by atoms with Gasteiger partial charge in [-0.15, -0.1) is 15.3 Å². The molecule has 2 aromatic rings. The SMILES string of the molecule is CN(C(=O)C1CC1)C1CN(c2ccc3nncn3n2)C1. The van der Waals surface area contributed by atoms with Gasteiger partial charge in [0.25, 0.3) is 0 Å². The van der Waals surface area contributed by atoms with Crippen molar-refractivity contribution in [2.75, 3.05) is 25.0 Å². The number of fused-ring (bicyclic) bond motifs is 1. The fourth-order valence-corrected chi connectivity index (χ4v) is 2.57. The van der Waals surface area contributed by atoms with E-state index in [0.29, 0.717) is 17.9 Å². The molecule has 2 aromatic heterocycles. The monoisotopic (exact) mass is 272 g/mol. The quantitative estimate of drug-likeness (QED) is 0.797. The minimum absolute atomic E-state index is 0.292. The molecule has 2 aliphatic rings. The van der Waals surface area contributed by atoms with E-state index in [1.165, 1.54) is 0 Å². The van der Waals surface area contributed by atoms with Crippen molar-refractivity contribution in [3.05, 3.63) is 18.5 Å². The third kappa shape index (κ3) is 1.81. The first-order chi connectivity index (χ1) is 9.72. The lowest BCUT2D eigenvalue weighted by molar-refractivity contribution is -0.133. The fraction of sp³-hybridized carbons (Fsp3) is 0.538. The Morgan fingerprint density at radius 3 is 2.90 bits per heavy atom. The Morgan fingerprint density at radius 1 is 1.35 bits per heavy atom. The zero-order valence-electron chi connectivity index (χ0n) is 11.3. The number of amides is 1. The van der Waals surface area contributed by atoms with Gasteiger partial charge < -0.3 is 9.80 Å². The lowest BCUT2D eigenvalue weighted by Gasteiger charge is -2.44. The maximum absolute atomic E-state index is 12.0. The summed E-state index contributed by atoms with van der Waals surface area (Å²) < 4.78 is 1.67. The average Bonchev–Trinajstić information content (AvgIpc) is 3.14. The van der Waals surface area contributed by atoms with Gasteiger partial charge in [-0.2, -0.15) is 4.52 Å². The zero-order valence-corrected chi connectivity index (χ0v) is 11.3. The van der Waals surface area contributed by atoms with E-state index < -0.39 is 0 Å². The third-order valence-electron chi connectivity index (χ3n) is 4.16. The molecule has 0 bridgehead atoms. The lowest BCUT2D eigenvalue weighted by atomic mass is 10.1. The molecule has 1 amide bonds. The molecule has 1 saturated carbocycles. The molecular weight excluding hydrogens is 256 g/mol. The van der Waals surface area contributed by atoms with Crippen LogP contribution in [0.4, 0.5) is 5.82 Å². The summed E-state index contributed by atoms with van der Waals surface area (Å²) >= 11 is 0. The average molecular weight is 272 g/mol. The van der Waals surface area contributed by atoms with Crippen LogP contribution in [0.25, 0.3) is 5.65 Å². The minimum atomic E-state index is 0.292. The van der Waals surface area contributed by atoms with Crippen LogP contribution in [-0.2, 0) is 4.79 Å². The molecule has 7 nitrogen and oxygen atoms in total. The second-order valence-electron chi connectivity index (χ2n) is 5.61. The molecule has 20 heavy (non-hydrogen) atoms. The first-order valence-electron chi connectivity index (χ1n) is 6.91. The molecular formula is C13H16N6O. The second kappa shape index (κ2) is 4.16. The van der Waals surface area contributed by atoms with Crippen LogP contribution in [-0.4, -0.2) is 56.8 Å². The first-order valence-corrected chi connectivity index (χ1v) is 6.91. The molecule has 1 aliphatic carbocycles. The van der Waals surface area contributed by atoms with Gasteiger partial charge in [0, 0.05) is 26.1 Å². The molecule has 2 fully saturated rings. The number of carbonyl (C=O) groups excluding carboxylic acids is 1. The summed E-state index contributed by atoms with van der Waals surface area (Å²) in [6.07, 6.45) is 3.72. The summed E-state index contributed by atoms with van der Waals surface area (Å²) in [4.78, 5) is 16.1. The van der Waals surface area contributed by atoms with E-state index in [1.807, 2.05) is 24.1 Å². The number of hydrogen-bond acceptors (Lipinski definition) is 5. The molecule has 7 heteroatoms. The molecule has 104 valence electrons. The standard InChI is InChI=1S/C13H16N6O/c1-17(13(20)9-2-3-9)10-6-18(7-10)12-5-4-11-15-14-8-19(11)16-12/h4-5,8-10H,2-3,6-7H2,1H3. The van der Waals surface area contributed by atoms with E-state index in [0.717, 1.165) is 37.4 Å². The summed E-state index contributed by atoms with van der Waals surface area (Å²) in [7, 11) is 1.92. The third-order valence-corrected chi connectivity index (χ3v) is 4.16. The van der Waals surface area contributed by atoms with Crippen molar-refractivity contribution in [2.24, 2.45) is 5.92 Å². The maximum atomic E-state index is 12.0. The summed E-state index contributed by atoms with van der Waals surface area (Å²) in [5, 5.41) is 12.2. The van der Waals surface area contributed by atoms with Crippen molar-refractivity contribution >= 4 is 17.4 Å². The van der Waals surface area contributed by atoms with Gasteiger partial charge in [-0.3, -0.25) is 4.79 Å². The summed E-state index contributed by atoms with van der Waals surface area (Å²) in [6.45, 7) is 1.69. The first kappa shape index (κ1) is 11.6. The smallest absolute Gasteiger partial charge is 0.225 e. The Labute approximate surface area is 116 Å². The van der Waals surface area contributed by atoms with Crippen LogP contribution >= 0.6 is 0 Å². The van der Waals surface area contributed by atoms with Gasteiger partial charge in [0.2, 0.25) is 5.91 Å². The molecule has 0 spiro atoms. The molecule has 3 heterocycles. The van der Waals surface area contributed by atoms with E-state index in [1.54, 1.807) is 10.8 Å². The number of anilines is 1. The number of likely N-dealkylation sites (N-methyl/N-ethyl adjacent to an activating group) is 1. The van der Waals surface area contributed by atoms with Crippen molar-refractivity contribution in [3.63, 3.8) is 0 Å². The van der Waals surface area contributed by atoms with Crippen molar-refractivity contribution in [3.8, 4) is 0 Å². The Kier molecular flexibility index (Phi) is 2.42. The molecule has 0 radical (unpaired) electrons. The summed E-state index contributed by atoms with van der Waals surface area (Å²) in [6, 6.07) is 4.16. The predicted molar refractivity (Wildman–Crippen MR) is 72.3 cm³/mol. The van der Waals surface area contributed by atoms with Crippen LogP contribution in [0.2, 0.25) is 0 Å². The predicted octanol–water partition coefficient (Wildman–Crippen LogP) is 0.181. The zero-order chi connectivity index (χ0) is 13.7. The summed E-state index contributed by atoms with van der Waals surface area (Å²) in [5.74, 6) is 1.50. The lowest BCUT2D eigenvalue weighted by Crippen LogP contribution is -2.60. The normalized spacial score (nSPS) is 19.1. The van der Waals surface area contributed by atoms with Gasteiger partial charge >= 0.3 is 0 Å². The minimum Gasteiger partial charge on any atom is -0.351 e. The highest BCUT2D eigenvalue weighted by Crippen LogP contribution is 2.32. The van der Waals surface area contributed by atoms with Crippen molar-refractivity contribution < 1.29 is 4.79 Å². The number of aromatic nitrogens is 4. The Balaban J connectivity index is 1.43.